The lowest BCUT2D eigenvalue weighted by atomic mass is 10.3. The number of nitrogens with zero attached hydrogens (tertiary/aromatic N) is 6. The van der Waals surface area contributed by atoms with E-state index in [1.54, 1.807) is 13.8 Å². The number of nitriles is 4. The first-order chi connectivity index (χ1) is 11.5. The minimum absolute atomic E-state index is 0.0203. The maximum Gasteiger partial charge on any atom is 0.174 e. The van der Waals surface area contributed by atoms with E-state index >= 15 is 0 Å². The number of allylic oxidation sites excluding steroid dienone is 6. The predicted octanol–water partition coefficient (Wildman–Crippen LogP) is 1.65. The largest absolute Gasteiger partial charge is 0.350 e. The highest BCUT2D eigenvalue weighted by Gasteiger charge is 2.05. The normalized spacial score (nSPS) is 15.4. The summed E-state index contributed by atoms with van der Waals surface area (Å²) in [7, 11) is 0. The molecule has 1 rings (SSSR count). The van der Waals surface area contributed by atoms with Gasteiger partial charge in [-0.25, -0.2) is 9.98 Å². The zero-order chi connectivity index (χ0) is 17.9. The summed E-state index contributed by atoms with van der Waals surface area (Å²) in [5.74, 6) is 0. The molecule has 1 heterocycles. The molecule has 0 aliphatic carbocycles. The van der Waals surface area contributed by atoms with Gasteiger partial charge in [0.15, 0.2) is 22.8 Å². The molecular formula is C16H12N8. The number of hydrogen-bond acceptors (Lipinski definition) is 8. The maximum atomic E-state index is 9.13. The van der Waals surface area contributed by atoms with Gasteiger partial charge in [0.2, 0.25) is 0 Å². The Morgan fingerprint density at radius 2 is 1.08 bits per heavy atom. The monoisotopic (exact) mass is 316 g/mol. The average molecular weight is 316 g/mol. The third-order valence-corrected chi connectivity index (χ3v) is 2.59. The van der Waals surface area contributed by atoms with E-state index < -0.39 is 0 Å². The molecule has 0 fully saturated rings. The zero-order valence-electron chi connectivity index (χ0n) is 13.0. The summed E-state index contributed by atoms with van der Waals surface area (Å²) in [6.07, 6.45) is 5.60. The van der Waals surface area contributed by atoms with E-state index in [4.69, 9.17) is 21.0 Å². The van der Waals surface area contributed by atoms with Crippen LogP contribution in [0.1, 0.15) is 13.8 Å². The van der Waals surface area contributed by atoms with Crippen molar-refractivity contribution < 1.29 is 0 Å². The second-order valence-corrected chi connectivity index (χ2v) is 4.48. The van der Waals surface area contributed by atoms with Gasteiger partial charge in [0.1, 0.15) is 24.3 Å². The standard InChI is InChI=1S/C16H12N8/c1-11-7-21-13(3-17)15(5-19)23-9-12(2)10-24-16(6-20)14(4-18)22-8-11/h7-10,21,24H,1-2H3. The van der Waals surface area contributed by atoms with Crippen LogP contribution in [0.5, 0.6) is 0 Å². The molecule has 0 spiro atoms. The SMILES string of the molecule is CC1=CNC(C#N)=C(C#N)N=CC(C)=CNC(C#N)=C(C#N)N=C1. The van der Waals surface area contributed by atoms with E-state index in [-0.39, 0.29) is 22.8 Å². The van der Waals surface area contributed by atoms with E-state index in [1.807, 2.05) is 24.3 Å². The molecule has 0 aromatic rings. The van der Waals surface area contributed by atoms with E-state index in [0.29, 0.717) is 11.1 Å². The summed E-state index contributed by atoms with van der Waals surface area (Å²) in [6, 6.07) is 7.40. The van der Waals surface area contributed by atoms with Crippen LogP contribution in [0, 0.1) is 45.3 Å². The van der Waals surface area contributed by atoms with Crippen molar-refractivity contribution in [3.8, 4) is 24.3 Å². The molecule has 0 saturated carbocycles. The van der Waals surface area contributed by atoms with Crippen LogP contribution in [-0.4, -0.2) is 12.4 Å². The number of hydrogen-bond donors (Lipinski definition) is 2. The summed E-state index contributed by atoms with van der Waals surface area (Å²) >= 11 is 0. The summed E-state index contributed by atoms with van der Waals surface area (Å²) in [5.41, 5.74) is 0.922. The molecule has 1 aliphatic rings. The molecule has 0 atom stereocenters. The Kier molecular flexibility index (Phi) is 6.71. The molecule has 116 valence electrons. The van der Waals surface area contributed by atoms with Crippen LogP contribution in [0.4, 0.5) is 0 Å². The van der Waals surface area contributed by atoms with Crippen LogP contribution in [0.25, 0.3) is 0 Å². The van der Waals surface area contributed by atoms with Crippen molar-refractivity contribution in [3.63, 3.8) is 0 Å². The Labute approximate surface area is 139 Å². The van der Waals surface area contributed by atoms with E-state index in [2.05, 4.69) is 20.6 Å². The average Bonchev–Trinajstić information content (AvgIpc) is 2.59. The molecule has 0 radical (unpaired) electrons. The van der Waals surface area contributed by atoms with Crippen LogP contribution >= 0.6 is 0 Å². The lowest BCUT2D eigenvalue weighted by molar-refractivity contribution is 1.06. The van der Waals surface area contributed by atoms with Crippen LogP contribution < -0.4 is 10.6 Å². The highest BCUT2D eigenvalue weighted by molar-refractivity contribution is 5.80. The zero-order valence-corrected chi connectivity index (χ0v) is 13.0. The minimum Gasteiger partial charge on any atom is -0.350 e. The second-order valence-electron chi connectivity index (χ2n) is 4.48. The van der Waals surface area contributed by atoms with Crippen molar-refractivity contribution in [1.29, 1.82) is 21.0 Å². The van der Waals surface area contributed by atoms with Crippen molar-refractivity contribution in [2.45, 2.75) is 13.8 Å². The van der Waals surface area contributed by atoms with Gasteiger partial charge in [-0.1, -0.05) is 0 Å². The first-order valence-corrected chi connectivity index (χ1v) is 6.59. The Hall–Kier alpha value is -4.14. The molecule has 0 saturated heterocycles. The Morgan fingerprint density at radius 1 is 0.708 bits per heavy atom. The molecule has 8 nitrogen and oxygen atoms in total. The van der Waals surface area contributed by atoms with Crippen LogP contribution in [0.15, 0.2) is 56.3 Å². The van der Waals surface area contributed by atoms with Gasteiger partial charge in [0, 0.05) is 24.8 Å². The Balaban J connectivity index is 3.48. The highest BCUT2D eigenvalue weighted by Crippen LogP contribution is 2.06. The van der Waals surface area contributed by atoms with Gasteiger partial charge in [0.05, 0.1) is 0 Å². The predicted molar refractivity (Wildman–Crippen MR) is 87.3 cm³/mol. The molecule has 8 heteroatoms. The molecule has 0 amide bonds. The van der Waals surface area contributed by atoms with Crippen LogP contribution in [0.2, 0.25) is 0 Å². The van der Waals surface area contributed by atoms with Crippen molar-refractivity contribution >= 4 is 12.4 Å². The molecular weight excluding hydrogens is 304 g/mol. The third kappa shape index (κ3) is 5.00. The molecule has 0 aromatic carbocycles. The van der Waals surface area contributed by atoms with Crippen LogP contribution in [0.3, 0.4) is 0 Å². The van der Waals surface area contributed by atoms with Gasteiger partial charge >= 0.3 is 0 Å². The topological polar surface area (TPSA) is 144 Å². The third-order valence-electron chi connectivity index (χ3n) is 2.59. The minimum atomic E-state index is -0.0861. The number of nitrogens with one attached hydrogen (secondary N) is 2. The Bertz CT molecular complexity index is 793. The lowest BCUT2D eigenvalue weighted by Gasteiger charge is -2.03. The Morgan fingerprint density at radius 3 is 1.38 bits per heavy atom. The fourth-order valence-electron chi connectivity index (χ4n) is 1.39. The fraction of sp³-hybridized carbons (Fsp3) is 0.125. The number of rotatable bonds is 0. The molecule has 0 unspecified atom stereocenters. The number of aliphatic imine (C=N–C) groups is 2. The summed E-state index contributed by atoms with van der Waals surface area (Å²) in [5, 5.41) is 41.8. The van der Waals surface area contributed by atoms with E-state index in [0.717, 1.165) is 0 Å². The first-order valence-electron chi connectivity index (χ1n) is 6.59. The lowest BCUT2D eigenvalue weighted by Crippen LogP contribution is -2.09. The smallest absolute Gasteiger partial charge is 0.174 e. The maximum absolute atomic E-state index is 9.13. The summed E-state index contributed by atoms with van der Waals surface area (Å²) in [6.45, 7) is 3.34. The molecule has 24 heavy (non-hydrogen) atoms. The highest BCUT2D eigenvalue weighted by atomic mass is 14.9. The van der Waals surface area contributed by atoms with Crippen molar-refractivity contribution in [2.24, 2.45) is 9.98 Å². The first kappa shape index (κ1) is 17.9. The fourth-order valence-corrected chi connectivity index (χ4v) is 1.39. The molecule has 0 bridgehead atoms. The van der Waals surface area contributed by atoms with Gasteiger partial charge < -0.3 is 10.6 Å². The van der Waals surface area contributed by atoms with Gasteiger partial charge in [-0.3, -0.25) is 0 Å². The van der Waals surface area contributed by atoms with Gasteiger partial charge in [-0.15, -0.1) is 0 Å². The molecule has 2 N–H and O–H groups in total. The molecule has 1 aliphatic heterocycles. The van der Waals surface area contributed by atoms with Gasteiger partial charge in [-0.05, 0) is 25.0 Å². The quantitative estimate of drug-likeness (QED) is 0.695. The van der Waals surface area contributed by atoms with E-state index in [1.165, 1.54) is 24.8 Å². The van der Waals surface area contributed by atoms with Crippen molar-refractivity contribution in [1.82, 2.24) is 10.6 Å². The van der Waals surface area contributed by atoms with Crippen molar-refractivity contribution in [3.05, 3.63) is 46.3 Å². The van der Waals surface area contributed by atoms with E-state index in [9.17, 15) is 0 Å². The van der Waals surface area contributed by atoms with Crippen molar-refractivity contribution in [2.75, 3.05) is 0 Å². The summed E-state index contributed by atoms with van der Waals surface area (Å²) in [4.78, 5) is 7.90. The van der Waals surface area contributed by atoms with Crippen LogP contribution in [-0.2, 0) is 0 Å². The second kappa shape index (κ2) is 9.00. The molecule has 0 aromatic heterocycles. The van der Waals surface area contributed by atoms with Gasteiger partial charge in [0.25, 0.3) is 0 Å². The van der Waals surface area contributed by atoms with Gasteiger partial charge in [-0.2, -0.15) is 21.0 Å². The summed E-state index contributed by atoms with van der Waals surface area (Å²) < 4.78 is 0.